The lowest BCUT2D eigenvalue weighted by Gasteiger charge is -2.10. The normalized spacial score (nSPS) is 12.7. The third kappa shape index (κ3) is 2.48. The molecular weight excluding hydrogens is 328 g/mol. The van der Waals surface area contributed by atoms with Crippen molar-refractivity contribution < 1.29 is 0 Å². The summed E-state index contributed by atoms with van der Waals surface area (Å²) in [4.78, 5) is 8.35. The summed E-state index contributed by atoms with van der Waals surface area (Å²) in [5.74, 6) is 0. The molecule has 3 rings (SSSR count). The Hall–Kier alpha value is -1.46. The number of halogens is 2. The minimum Gasteiger partial charge on any atom is -0.246 e. The van der Waals surface area contributed by atoms with Crippen molar-refractivity contribution >= 4 is 38.6 Å². The number of fused-ring (bicyclic) bond motifs is 1. The topological polar surface area (TPSA) is 43.6 Å². The molecule has 96 valence electrons. The molecule has 0 radical (unpaired) electrons. The number of nitrogens with zero attached hydrogens (tertiary/aromatic N) is 4. The zero-order valence-electron chi connectivity index (χ0n) is 9.87. The Morgan fingerprint density at radius 1 is 1.21 bits per heavy atom. The summed E-state index contributed by atoms with van der Waals surface area (Å²) < 4.78 is 1.83. The van der Waals surface area contributed by atoms with Crippen molar-refractivity contribution in [1.82, 2.24) is 19.7 Å². The van der Waals surface area contributed by atoms with E-state index in [1.165, 1.54) is 11.9 Å². The van der Waals surface area contributed by atoms with E-state index in [0.29, 0.717) is 11.7 Å². The molecule has 1 atom stereocenters. The third-order valence-electron chi connectivity index (χ3n) is 2.88. The van der Waals surface area contributed by atoms with Crippen molar-refractivity contribution in [2.45, 2.75) is 11.4 Å². The quantitative estimate of drug-likeness (QED) is 0.541. The van der Waals surface area contributed by atoms with Crippen LogP contribution < -0.4 is 0 Å². The number of hydrogen-bond acceptors (Lipinski definition) is 3. The maximum absolute atomic E-state index is 6.01. The Bertz CT molecular complexity index is 698. The van der Waals surface area contributed by atoms with Gasteiger partial charge in [0.2, 0.25) is 0 Å². The number of alkyl halides is 1. The van der Waals surface area contributed by atoms with Crippen LogP contribution in [0.15, 0.2) is 42.9 Å². The van der Waals surface area contributed by atoms with Crippen molar-refractivity contribution in [2.75, 3.05) is 0 Å². The molecule has 0 fully saturated rings. The third-order valence-corrected chi connectivity index (χ3v) is 4.00. The largest absolute Gasteiger partial charge is 0.246 e. The van der Waals surface area contributed by atoms with Crippen molar-refractivity contribution in [3.8, 4) is 0 Å². The second-order valence-corrected chi connectivity index (χ2v) is 5.57. The molecular formula is C13H10BrClN4. The van der Waals surface area contributed by atoms with Gasteiger partial charge in [0.05, 0.1) is 23.0 Å². The molecule has 2 heterocycles. The number of aromatic nitrogens is 4. The van der Waals surface area contributed by atoms with E-state index >= 15 is 0 Å². The smallest absolute Gasteiger partial charge is 0.162 e. The van der Waals surface area contributed by atoms with Gasteiger partial charge in [-0.2, -0.15) is 5.10 Å². The zero-order valence-corrected chi connectivity index (χ0v) is 12.2. The van der Waals surface area contributed by atoms with Gasteiger partial charge < -0.3 is 0 Å². The first-order chi connectivity index (χ1) is 9.25. The van der Waals surface area contributed by atoms with Gasteiger partial charge in [0, 0.05) is 0 Å². The van der Waals surface area contributed by atoms with E-state index in [4.69, 9.17) is 11.6 Å². The van der Waals surface area contributed by atoms with Crippen LogP contribution in [0.25, 0.3) is 11.0 Å². The molecule has 0 saturated heterocycles. The van der Waals surface area contributed by atoms with Crippen LogP contribution in [0, 0.1) is 0 Å². The lowest BCUT2D eigenvalue weighted by Crippen LogP contribution is -2.06. The molecule has 0 saturated carbocycles. The first-order valence-electron chi connectivity index (χ1n) is 5.77. The zero-order chi connectivity index (χ0) is 13.2. The van der Waals surface area contributed by atoms with E-state index in [1.807, 2.05) is 22.9 Å². The highest BCUT2D eigenvalue weighted by Gasteiger charge is 2.13. The van der Waals surface area contributed by atoms with Gasteiger partial charge in [0.25, 0.3) is 0 Å². The Morgan fingerprint density at radius 2 is 2.00 bits per heavy atom. The Kier molecular flexibility index (Phi) is 3.48. The Morgan fingerprint density at radius 3 is 2.79 bits per heavy atom. The van der Waals surface area contributed by atoms with Gasteiger partial charge in [-0.05, 0) is 5.56 Å². The average molecular weight is 338 g/mol. The molecule has 3 aromatic rings. The fourth-order valence-electron chi connectivity index (χ4n) is 1.92. The fraction of sp³-hybridized carbons (Fsp3) is 0.154. The molecule has 2 aromatic heterocycles. The monoisotopic (exact) mass is 336 g/mol. The molecule has 0 spiro atoms. The fourth-order valence-corrected chi connectivity index (χ4v) is 2.67. The van der Waals surface area contributed by atoms with Gasteiger partial charge in [0.1, 0.15) is 11.5 Å². The molecule has 1 aromatic carbocycles. The predicted molar refractivity (Wildman–Crippen MR) is 78.4 cm³/mol. The van der Waals surface area contributed by atoms with Crippen LogP contribution >= 0.6 is 27.5 Å². The molecule has 6 heteroatoms. The van der Waals surface area contributed by atoms with Gasteiger partial charge in [-0.3, -0.25) is 0 Å². The van der Waals surface area contributed by atoms with E-state index in [-0.39, 0.29) is 4.83 Å². The van der Waals surface area contributed by atoms with Crippen LogP contribution in [0.2, 0.25) is 5.15 Å². The molecule has 0 aliphatic carbocycles. The number of hydrogen-bond donors (Lipinski definition) is 0. The van der Waals surface area contributed by atoms with Crippen LogP contribution in [-0.4, -0.2) is 19.7 Å². The first kappa shape index (κ1) is 12.6. The van der Waals surface area contributed by atoms with E-state index < -0.39 is 0 Å². The van der Waals surface area contributed by atoms with Crippen molar-refractivity contribution in [3.05, 3.63) is 53.6 Å². The van der Waals surface area contributed by atoms with Crippen LogP contribution in [0.5, 0.6) is 0 Å². The van der Waals surface area contributed by atoms with Gasteiger partial charge in [-0.25, -0.2) is 14.6 Å². The maximum atomic E-state index is 6.01. The highest BCUT2D eigenvalue weighted by molar-refractivity contribution is 9.09. The lowest BCUT2D eigenvalue weighted by molar-refractivity contribution is 0.626. The second-order valence-electron chi connectivity index (χ2n) is 4.11. The van der Waals surface area contributed by atoms with Crippen LogP contribution in [-0.2, 0) is 6.54 Å². The SMILES string of the molecule is Clc1ncnc2c1cnn2CC(Br)c1ccccc1. The molecule has 0 amide bonds. The summed E-state index contributed by atoms with van der Waals surface area (Å²) in [5, 5.41) is 5.53. The predicted octanol–water partition coefficient (Wildman–Crippen LogP) is 3.62. The van der Waals surface area contributed by atoms with Crippen molar-refractivity contribution in [3.63, 3.8) is 0 Å². The average Bonchev–Trinajstić information content (AvgIpc) is 2.84. The summed E-state index contributed by atoms with van der Waals surface area (Å²) in [6.45, 7) is 0.681. The summed E-state index contributed by atoms with van der Waals surface area (Å²) in [6, 6.07) is 10.2. The molecule has 0 bridgehead atoms. The highest BCUT2D eigenvalue weighted by atomic mass is 79.9. The Labute approximate surface area is 123 Å². The standard InChI is InChI=1S/C13H10BrClN4/c14-11(9-4-2-1-3-5-9)7-19-13-10(6-18-19)12(15)16-8-17-13/h1-6,8,11H,7H2. The molecule has 0 aliphatic rings. The molecule has 1 unspecified atom stereocenters. The lowest BCUT2D eigenvalue weighted by atomic mass is 10.1. The van der Waals surface area contributed by atoms with Gasteiger partial charge >= 0.3 is 0 Å². The maximum Gasteiger partial charge on any atom is 0.162 e. The van der Waals surface area contributed by atoms with E-state index in [2.05, 4.69) is 43.1 Å². The minimum absolute atomic E-state index is 0.172. The second kappa shape index (κ2) is 5.27. The van der Waals surface area contributed by atoms with E-state index in [1.54, 1.807) is 6.20 Å². The molecule has 0 N–H and O–H groups in total. The Balaban J connectivity index is 1.92. The molecule has 0 aliphatic heterocycles. The summed E-state index contributed by atoms with van der Waals surface area (Å²) in [6.07, 6.45) is 3.15. The summed E-state index contributed by atoms with van der Waals surface area (Å²) in [7, 11) is 0. The van der Waals surface area contributed by atoms with Gasteiger partial charge in [-0.1, -0.05) is 57.9 Å². The minimum atomic E-state index is 0.172. The van der Waals surface area contributed by atoms with E-state index in [9.17, 15) is 0 Å². The number of rotatable bonds is 3. The van der Waals surface area contributed by atoms with Gasteiger partial charge in [0.15, 0.2) is 5.65 Å². The van der Waals surface area contributed by atoms with Gasteiger partial charge in [-0.15, -0.1) is 0 Å². The van der Waals surface area contributed by atoms with Crippen LogP contribution in [0.3, 0.4) is 0 Å². The highest BCUT2D eigenvalue weighted by Crippen LogP contribution is 2.26. The molecule has 19 heavy (non-hydrogen) atoms. The van der Waals surface area contributed by atoms with Crippen LogP contribution in [0.1, 0.15) is 10.4 Å². The molecule has 4 nitrogen and oxygen atoms in total. The van der Waals surface area contributed by atoms with E-state index in [0.717, 1.165) is 11.0 Å². The first-order valence-corrected chi connectivity index (χ1v) is 7.06. The van der Waals surface area contributed by atoms with Crippen molar-refractivity contribution in [2.24, 2.45) is 0 Å². The van der Waals surface area contributed by atoms with Crippen LogP contribution in [0.4, 0.5) is 0 Å². The summed E-state index contributed by atoms with van der Waals surface area (Å²) in [5.41, 5.74) is 1.95. The number of benzene rings is 1. The van der Waals surface area contributed by atoms with Crippen molar-refractivity contribution in [1.29, 1.82) is 0 Å². The summed E-state index contributed by atoms with van der Waals surface area (Å²) >= 11 is 9.68.